The number of halogens is 3. The first-order chi connectivity index (χ1) is 17.7. The van der Waals surface area contributed by atoms with Gasteiger partial charge < -0.3 is 25.6 Å². The number of carboxylic acid groups (broad SMARTS) is 2. The van der Waals surface area contributed by atoms with Crippen molar-refractivity contribution in [3.63, 3.8) is 0 Å². The van der Waals surface area contributed by atoms with E-state index in [2.05, 4.69) is 0 Å². The van der Waals surface area contributed by atoms with Crippen molar-refractivity contribution in [1.29, 1.82) is 5.26 Å². The number of anilines is 1. The molecule has 200 valence electrons. The van der Waals surface area contributed by atoms with E-state index < -0.39 is 64.3 Å². The van der Waals surface area contributed by atoms with Crippen LogP contribution in [-0.4, -0.2) is 41.3 Å². The molecule has 4 N–H and O–H groups in total. The molecule has 38 heavy (non-hydrogen) atoms. The standard InChI is InChI=1S/C26H24F3N3O6/c1-13(23(35)38-3)25(24(36)37)14(2)32(18-6-4-5-17(11-18)26(27,28)29)21(31)19(22(33)34)20(25)16-9-7-15(12-30)8-10-16/h4-11,13-14,20H,31H2,1-3H3,(H,33,34)(H,36,37)/t13-,14?,20?,25?/m1/s1. The van der Waals surface area contributed by atoms with E-state index in [1.165, 1.54) is 44.2 Å². The first-order valence-electron chi connectivity index (χ1n) is 11.2. The molecule has 2 aromatic rings. The van der Waals surface area contributed by atoms with Crippen molar-refractivity contribution in [2.24, 2.45) is 17.1 Å². The number of nitriles is 1. The highest BCUT2D eigenvalue weighted by atomic mass is 19.4. The fourth-order valence-electron chi connectivity index (χ4n) is 5.27. The predicted octanol–water partition coefficient (Wildman–Crippen LogP) is 3.70. The molecular weight excluding hydrogens is 507 g/mol. The van der Waals surface area contributed by atoms with Gasteiger partial charge in [-0.3, -0.25) is 9.59 Å². The van der Waals surface area contributed by atoms with Crippen LogP contribution in [0.1, 0.15) is 36.5 Å². The normalized spacial score (nSPS) is 22.4. The number of methoxy groups -OCH3 is 1. The maximum Gasteiger partial charge on any atom is 0.416 e. The van der Waals surface area contributed by atoms with Crippen LogP contribution in [0.5, 0.6) is 0 Å². The van der Waals surface area contributed by atoms with Crippen LogP contribution in [0, 0.1) is 22.7 Å². The SMILES string of the molecule is COC(=O)[C@@H](C)C1(C(=O)O)C(c2ccc(C#N)cc2)C(C(=O)O)=C(N)N(c2cccc(C(F)(F)F)c2)C1C. The molecule has 0 saturated carbocycles. The lowest BCUT2D eigenvalue weighted by Gasteiger charge is -2.53. The number of alkyl halides is 3. The molecular formula is C26H24F3N3O6. The minimum absolute atomic E-state index is 0.123. The van der Waals surface area contributed by atoms with Crippen LogP contribution in [0.4, 0.5) is 18.9 Å². The Morgan fingerprint density at radius 1 is 1.16 bits per heavy atom. The van der Waals surface area contributed by atoms with Gasteiger partial charge in [0.25, 0.3) is 0 Å². The summed E-state index contributed by atoms with van der Waals surface area (Å²) in [5.74, 6) is -7.77. The number of carboxylic acids is 2. The molecule has 1 aliphatic heterocycles. The summed E-state index contributed by atoms with van der Waals surface area (Å²) in [6.07, 6.45) is -4.75. The molecule has 0 spiro atoms. The number of nitrogens with zero attached hydrogens (tertiary/aromatic N) is 2. The molecule has 3 rings (SSSR count). The van der Waals surface area contributed by atoms with Gasteiger partial charge in [0.1, 0.15) is 11.2 Å². The summed E-state index contributed by atoms with van der Waals surface area (Å²) in [6.45, 7) is 2.59. The van der Waals surface area contributed by atoms with Gasteiger partial charge in [0.2, 0.25) is 0 Å². The molecule has 0 aliphatic carbocycles. The van der Waals surface area contributed by atoms with Crippen molar-refractivity contribution in [2.45, 2.75) is 32.0 Å². The summed E-state index contributed by atoms with van der Waals surface area (Å²) in [6, 6.07) is 9.80. The predicted molar refractivity (Wildman–Crippen MR) is 127 cm³/mol. The molecule has 3 unspecified atom stereocenters. The number of hydrogen-bond donors (Lipinski definition) is 3. The molecule has 9 nitrogen and oxygen atoms in total. The Labute approximate surface area is 215 Å². The van der Waals surface area contributed by atoms with Crippen molar-refractivity contribution in [3.05, 3.63) is 76.6 Å². The number of carbonyl (C=O) groups excluding carboxylic acids is 1. The van der Waals surface area contributed by atoms with Gasteiger partial charge >= 0.3 is 24.1 Å². The van der Waals surface area contributed by atoms with Crippen LogP contribution in [0.2, 0.25) is 0 Å². The topological polar surface area (TPSA) is 154 Å². The van der Waals surface area contributed by atoms with Gasteiger partial charge in [0.15, 0.2) is 0 Å². The summed E-state index contributed by atoms with van der Waals surface area (Å²) >= 11 is 0. The maximum absolute atomic E-state index is 13.5. The van der Waals surface area contributed by atoms with Crippen molar-refractivity contribution < 1.29 is 42.5 Å². The Kier molecular flexibility index (Phi) is 7.44. The van der Waals surface area contributed by atoms with Crippen molar-refractivity contribution in [1.82, 2.24) is 0 Å². The molecule has 0 amide bonds. The van der Waals surface area contributed by atoms with Gasteiger partial charge in [-0.15, -0.1) is 0 Å². The fourth-order valence-corrected chi connectivity index (χ4v) is 5.27. The Balaban J connectivity index is 2.48. The number of ether oxygens (including phenoxy) is 1. The largest absolute Gasteiger partial charge is 0.481 e. The second-order valence-corrected chi connectivity index (χ2v) is 8.85. The van der Waals surface area contributed by atoms with Crippen molar-refractivity contribution in [2.75, 3.05) is 12.0 Å². The quantitative estimate of drug-likeness (QED) is 0.473. The van der Waals surface area contributed by atoms with E-state index in [1.54, 1.807) is 0 Å². The molecule has 0 aromatic heterocycles. The highest BCUT2D eigenvalue weighted by molar-refractivity contribution is 5.96. The highest BCUT2D eigenvalue weighted by Gasteiger charge is 2.64. The lowest BCUT2D eigenvalue weighted by molar-refractivity contribution is -0.167. The molecule has 0 saturated heterocycles. The highest BCUT2D eigenvalue weighted by Crippen LogP contribution is 2.56. The molecule has 0 radical (unpaired) electrons. The number of benzene rings is 2. The van der Waals surface area contributed by atoms with E-state index in [0.717, 1.165) is 30.2 Å². The van der Waals surface area contributed by atoms with Gasteiger partial charge in [-0.1, -0.05) is 25.1 Å². The van der Waals surface area contributed by atoms with Gasteiger partial charge in [-0.05, 0) is 42.8 Å². The van der Waals surface area contributed by atoms with E-state index in [0.29, 0.717) is 0 Å². The number of rotatable bonds is 6. The molecule has 4 atom stereocenters. The van der Waals surface area contributed by atoms with E-state index in [9.17, 15) is 43.0 Å². The lowest BCUT2D eigenvalue weighted by Crippen LogP contribution is -2.63. The van der Waals surface area contributed by atoms with Gasteiger partial charge in [0, 0.05) is 11.6 Å². The molecule has 0 bridgehead atoms. The summed E-state index contributed by atoms with van der Waals surface area (Å²) in [5.41, 5.74) is 2.41. The average Bonchev–Trinajstić information content (AvgIpc) is 2.87. The van der Waals surface area contributed by atoms with Gasteiger partial charge in [0.05, 0.1) is 41.8 Å². The van der Waals surface area contributed by atoms with E-state index >= 15 is 0 Å². The van der Waals surface area contributed by atoms with E-state index in [4.69, 9.17) is 10.5 Å². The molecule has 12 heteroatoms. The van der Waals surface area contributed by atoms with E-state index in [-0.39, 0.29) is 16.8 Å². The van der Waals surface area contributed by atoms with Gasteiger partial charge in [-0.2, -0.15) is 18.4 Å². The Hall–Kier alpha value is -4.53. The summed E-state index contributed by atoms with van der Waals surface area (Å²) in [7, 11) is 1.03. The fraction of sp³-hybridized carbons (Fsp3) is 0.308. The molecule has 1 heterocycles. The lowest BCUT2D eigenvalue weighted by atomic mass is 9.56. The number of esters is 1. The Bertz CT molecular complexity index is 1350. The van der Waals surface area contributed by atoms with Crippen LogP contribution in [0.15, 0.2) is 59.9 Å². The smallest absolute Gasteiger partial charge is 0.416 e. The Morgan fingerprint density at radius 2 is 1.76 bits per heavy atom. The van der Waals surface area contributed by atoms with Crippen LogP contribution in [-0.2, 0) is 25.3 Å². The second-order valence-electron chi connectivity index (χ2n) is 8.85. The number of aliphatic carboxylic acids is 2. The van der Waals surface area contributed by atoms with Crippen LogP contribution in [0.25, 0.3) is 0 Å². The zero-order chi connectivity index (χ0) is 28.6. The second kappa shape index (κ2) is 10.1. The summed E-state index contributed by atoms with van der Waals surface area (Å²) in [4.78, 5) is 39.7. The summed E-state index contributed by atoms with van der Waals surface area (Å²) in [5, 5.41) is 30.2. The zero-order valence-electron chi connectivity index (χ0n) is 20.5. The van der Waals surface area contributed by atoms with Crippen molar-refractivity contribution >= 4 is 23.6 Å². The van der Waals surface area contributed by atoms with Crippen LogP contribution in [0.3, 0.4) is 0 Å². The minimum Gasteiger partial charge on any atom is -0.481 e. The zero-order valence-corrected chi connectivity index (χ0v) is 20.5. The Morgan fingerprint density at radius 3 is 2.24 bits per heavy atom. The number of carbonyl (C=O) groups is 3. The van der Waals surface area contributed by atoms with E-state index in [1.807, 2.05) is 6.07 Å². The first kappa shape index (κ1) is 28.0. The van der Waals surface area contributed by atoms with Gasteiger partial charge in [-0.25, -0.2) is 4.79 Å². The third-order valence-electron chi connectivity index (χ3n) is 7.08. The van der Waals surface area contributed by atoms with Crippen LogP contribution >= 0.6 is 0 Å². The molecule has 1 aliphatic rings. The molecule has 2 aromatic carbocycles. The number of nitrogens with two attached hydrogens (primary N) is 1. The third-order valence-corrected chi connectivity index (χ3v) is 7.08. The van der Waals surface area contributed by atoms with Crippen molar-refractivity contribution in [3.8, 4) is 6.07 Å². The monoisotopic (exact) mass is 531 g/mol. The van der Waals surface area contributed by atoms with Crippen LogP contribution < -0.4 is 10.6 Å². The minimum atomic E-state index is -4.75. The number of hydrogen-bond acceptors (Lipinski definition) is 7. The maximum atomic E-state index is 13.5. The first-order valence-corrected chi connectivity index (χ1v) is 11.2. The average molecular weight is 531 g/mol. The third kappa shape index (κ3) is 4.40. The molecule has 0 fully saturated rings. The summed E-state index contributed by atoms with van der Waals surface area (Å²) < 4.78 is 45.3.